The van der Waals surface area contributed by atoms with Crippen LogP contribution in [0.25, 0.3) is 0 Å². The highest BCUT2D eigenvalue weighted by Crippen LogP contribution is 2.14. The summed E-state index contributed by atoms with van der Waals surface area (Å²) in [5, 5.41) is 11.6. The smallest absolute Gasteiger partial charge is 0.306 e. The quantitative estimate of drug-likeness (QED) is 0.0198. The van der Waals surface area contributed by atoms with E-state index < -0.39 is 18.1 Å². The number of hydrogen-bond acceptors (Lipinski definition) is 7. The minimum Gasteiger partial charge on any atom is -0.544 e. The minimum atomic E-state index is -1.13. The number of carboxylic acid groups (broad SMARTS) is 1. The summed E-state index contributed by atoms with van der Waals surface area (Å²) in [5.74, 6) is -1.77. The Labute approximate surface area is 364 Å². The van der Waals surface area contributed by atoms with Gasteiger partial charge in [-0.3, -0.25) is 9.59 Å². The van der Waals surface area contributed by atoms with Crippen LogP contribution in [0.3, 0.4) is 0 Å². The van der Waals surface area contributed by atoms with Gasteiger partial charge < -0.3 is 28.6 Å². The van der Waals surface area contributed by atoms with E-state index in [0.29, 0.717) is 12.8 Å². The molecule has 0 bridgehead atoms. The third kappa shape index (κ3) is 40.7. The van der Waals surface area contributed by atoms with Crippen molar-refractivity contribution >= 4 is 17.9 Å². The van der Waals surface area contributed by atoms with Crippen LogP contribution in [-0.2, 0) is 28.6 Å². The maximum atomic E-state index is 12.8. The SMILES string of the molecule is CCCCCCCCC/C=C/C=C/CCCCCC(=O)OCC(COCCC(C(=O)[O-])[N+](C)(C)C)OC(=O)CCCCCCCCC/C=C/CCCCCCCCCC. The Balaban J connectivity index is 4.32. The van der Waals surface area contributed by atoms with Gasteiger partial charge in [0.1, 0.15) is 12.6 Å². The van der Waals surface area contributed by atoms with E-state index in [-0.39, 0.29) is 42.7 Å². The third-order valence-corrected chi connectivity index (χ3v) is 11.0. The van der Waals surface area contributed by atoms with Gasteiger partial charge >= 0.3 is 11.9 Å². The number of allylic oxidation sites excluding steroid dienone is 6. The molecule has 0 fully saturated rings. The lowest BCUT2D eigenvalue weighted by Gasteiger charge is -2.34. The molecule has 0 rings (SSSR count). The summed E-state index contributed by atoms with van der Waals surface area (Å²) < 4.78 is 17.2. The first-order valence-corrected chi connectivity index (χ1v) is 24.5. The second-order valence-corrected chi connectivity index (χ2v) is 17.7. The first kappa shape index (κ1) is 56.5. The first-order valence-electron chi connectivity index (χ1n) is 24.5. The summed E-state index contributed by atoms with van der Waals surface area (Å²) in [6.07, 6.45) is 48.8. The van der Waals surface area contributed by atoms with Gasteiger partial charge in [0.15, 0.2) is 6.10 Å². The molecule has 0 heterocycles. The van der Waals surface area contributed by atoms with E-state index in [1.165, 1.54) is 135 Å². The number of quaternary nitrogens is 1. The Morgan fingerprint density at radius 3 is 1.34 bits per heavy atom. The van der Waals surface area contributed by atoms with E-state index in [0.717, 1.165) is 51.4 Å². The predicted molar refractivity (Wildman–Crippen MR) is 245 cm³/mol. The lowest BCUT2D eigenvalue weighted by molar-refractivity contribution is -0.889. The van der Waals surface area contributed by atoms with E-state index in [9.17, 15) is 19.5 Å². The van der Waals surface area contributed by atoms with E-state index in [2.05, 4.69) is 50.3 Å². The molecule has 0 saturated heterocycles. The van der Waals surface area contributed by atoms with Crippen LogP contribution in [0.5, 0.6) is 0 Å². The zero-order valence-corrected chi connectivity index (χ0v) is 39.2. The molecule has 8 nitrogen and oxygen atoms in total. The van der Waals surface area contributed by atoms with Crippen LogP contribution in [0.4, 0.5) is 0 Å². The fourth-order valence-electron chi connectivity index (χ4n) is 7.17. The molecule has 0 saturated carbocycles. The number of carbonyl (C=O) groups excluding carboxylic acids is 3. The van der Waals surface area contributed by atoms with Crippen molar-refractivity contribution in [3.8, 4) is 0 Å². The lowest BCUT2D eigenvalue weighted by atomic mass is 10.1. The average Bonchev–Trinajstić information content (AvgIpc) is 3.19. The fourth-order valence-corrected chi connectivity index (χ4v) is 7.17. The van der Waals surface area contributed by atoms with Crippen LogP contribution >= 0.6 is 0 Å². The van der Waals surface area contributed by atoms with E-state index >= 15 is 0 Å². The highest BCUT2D eigenvalue weighted by molar-refractivity contribution is 5.70. The van der Waals surface area contributed by atoms with Gasteiger partial charge in [0.2, 0.25) is 0 Å². The molecule has 0 aliphatic heterocycles. The molecular formula is C51H93NO7. The summed E-state index contributed by atoms with van der Waals surface area (Å²) in [4.78, 5) is 36.9. The topological polar surface area (TPSA) is 102 Å². The van der Waals surface area contributed by atoms with Crippen molar-refractivity contribution in [1.82, 2.24) is 0 Å². The second-order valence-electron chi connectivity index (χ2n) is 17.7. The molecule has 2 unspecified atom stereocenters. The number of ether oxygens (including phenoxy) is 3. The van der Waals surface area contributed by atoms with Crippen molar-refractivity contribution in [2.45, 2.75) is 231 Å². The van der Waals surface area contributed by atoms with Crippen LogP contribution in [-0.4, -0.2) is 75.5 Å². The maximum absolute atomic E-state index is 12.8. The number of unbranched alkanes of at least 4 members (excludes halogenated alkanes) is 25. The number of carbonyl (C=O) groups is 3. The third-order valence-electron chi connectivity index (χ3n) is 11.0. The van der Waals surface area contributed by atoms with Gasteiger partial charge in [-0.2, -0.15) is 0 Å². The molecule has 344 valence electrons. The molecule has 0 aromatic rings. The van der Waals surface area contributed by atoms with Gasteiger partial charge in [-0.1, -0.05) is 172 Å². The van der Waals surface area contributed by atoms with Crippen molar-refractivity contribution in [2.75, 3.05) is 41.0 Å². The van der Waals surface area contributed by atoms with E-state index in [1.807, 2.05) is 0 Å². The zero-order valence-electron chi connectivity index (χ0n) is 39.2. The van der Waals surface area contributed by atoms with E-state index in [4.69, 9.17) is 14.2 Å². The standard InChI is InChI=1S/C51H93NO7/c1-6-8-10-12-14-16-18-20-22-24-25-26-28-30-32-34-36-38-40-42-50(54)59-47(45-57-44-43-48(51(55)56)52(3,4)5)46-58-49(53)41-39-37-35-33-31-29-27-23-21-19-17-15-13-11-9-7-2/h23-25,27,29,31,47-48H,6-22,26,28,30,32-46H2,1-5H3/b25-24+,27-23+,31-29+. The largest absolute Gasteiger partial charge is 0.544 e. The van der Waals surface area contributed by atoms with Crippen LogP contribution in [0.2, 0.25) is 0 Å². The molecule has 0 spiro atoms. The van der Waals surface area contributed by atoms with Crippen molar-refractivity contribution in [2.24, 2.45) is 0 Å². The highest BCUT2D eigenvalue weighted by Gasteiger charge is 2.25. The summed E-state index contributed by atoms with van der Waals surface area (Å²) in [6, 6.07) is -0.730. The average molecular weight is 832 g/mol. The van der Waals surface area contributed by atoms with Crippen LogP contribution in [0.1, 0.15) is 219 Å². The minimum absolute atomic E-state index is 0.0319. The molecule has 59 heavy (non-hydrogen) atoms. The van der Waals surface area contributed by atoms with Gasteiger partial charge in [0.05, 0.1) is 40.3 Å². The number of nitrogens with zero attached hydrogens (tertiary/aromatic N) is 1. The van der Waals surface area contributed by atoms with Crippen molar-refractivity contribution in [3.05, 3.63) is 36.5 Å². The van der Waals surface area contributed by atoms with E-state index in [1.54, 1.807) is 21.1 Å². The molecule has 0 amide bonds. The Morgan fingerprint density at radius 2 is 0.898 bits per heavy atom. The summed E-state index contributed by atoms with van der Waals surface area (Å²) in [5.41, 5.74) is 0. The molecule has 0 aromatic carbocycles. The highest BCUT2D eigenvalue weighted by atomic mass is 16.6. The van der Waals surface area contributed by atoms with Crippen LogP contribution in [0, 0.1) is 0 Å². The van der Waals surface area contributed by atoms with Crippen LogP contribution < -0.4 is 5.11 Å². The number of aliphatic carboxylic acids is 1. The molecule has 0 N–H and O–H groups in total. The van der Waals surface area contributed by atoms with Gasteiger partial charge in [0, 0.05) is 19.3 Å². The van der Waals surface area contributed by atoms with Gasteiger partial charge in [-0.15, -0.1) is 0 Å². The zero-order chi connectivity index (χ0) is 43.5. The fraction of sp³-hybridized carbons (Fsp3) is 0.824. The monoisotopic (exact) mass is 832 g/mol. The molecule has 0 radical (unpaired) electrons. The maximum Gasteiger partial charge on any atom is 0.306 e. The molecular weight excluding hydrogens is 739 g/mol. The number of esters is 2. The number of likely N-dealkylation sites (N-methyl/N-ethyl adjacent to an activating group) is 1. The first-order chi connectivity index (χ1) is 28.6. The number of rotatable bonds is 44. The van der Waals surface area contributed by atoms with Gasteiger partial charge in [-0.25, -0.2) is 0 Å². The normalized spacial score (nSPS) is 13.2. The Kier molecular flexibility index (Phi) is 40.5. The lowest BCUT2D eigenvalue weighted by Crippen LogP contribution is -2.55. The van der Waals surface area contributed by atoms with Crippen molar-refractivity contribution < 1.29 is 38.2 Å². The van der Waals surface area contributed by atoms with Gasteiger partial charge in [-0.05, 0) is 64.2 Å². The molecule has 0 aliphatic rings. The summed E-state index contributed by atoms with van der Waals surface area (Å²) in [7, 11) is 5.40. The Bertz CT molecular complexity index is 1060. The Hall–Kier alpha value is -2.45. The Morgan fingerprint density at radius 1 is 0.508 bits per heavy atom. The van der Waals surface area contributed by atoms with Crippen molar-refractivity contribution in [3.63, 3.8) is 0 Å². The number of carboxylic acids is 1. The summed E-state index contributed by atoms with van der Waals surface area (Å²) >= 11 is 0. The summed E-state index contributed by atoms with van der Waals surface area (Å²) in [6.45, 7) is 4.64. The molecule has 2 atom stereocenters. The molecule has 0 aliphatic carbocycles. The van der Waals surface area contributed by atoms with Crippen LogP contribution in [0.15, 0.2) is 36.5 Å². The number of hydrogen-bond donors (Lipinski definition) is 0. The predicted octanol–water partition coefficient (Wildman–Crippen LogP) is 12.5. The van der Waals surface area contributed by atoms with Gasteiger partial charge in [0.25, 0.3) is 0 Å². The second kappa shape index (κ2) is 42.2. The molecule has 8 heteroatoms. The van der Waals surface area contributed by atoms with Crippen molar-refractivity contribution in [1.29, 1.82) is 0 Å². The molecule has 0 aromatic heterocycles.